The van der Waals surface area contributed by atoms with Gasteiger partial charge in [-0.1, -0.05) is 18.2 Å². The van der Waals surface area contributed by atoms with Crippen LogP contribution in [0.25, 0.3) is 5.65 Å². The molecule has 19 heavy (non-hydrogen) atoms. The van der Waals surface area contributed by atoms with Gasteiger partial charge in [0.25, 0.3) is 0 Å². The number of nitrogens with zero attached hydrogens (tertiary/aromatic N) is 3. The summed E-state index contributed by atoms with van der Waals surface area (Å²) >= 11 is 0. The molecule has 0 bridgehead atoms. The lowest BCUT2D eigenvalue weighted by Crippen LogP contribution is -2.25. The van der Waals surface area contributed by atoms with Gasteiger partial charge < -0.3 is 9.30 Å². The van der Waals surface area contributed by atoms with E-state index in [9.17, 15) is 0 Å². The molecule has 0 unspecified atom stereocenters. The Bertz CT molecular complexity index is 715. The Hall–Kier alpha value is -2.29. The first-order valence-corrected chi connectivity index (χ1v) is 6.70. The number of aromatic nitrogens is 2. The lowest BCUT2D eigenvalue weighted by Gasteiger charge is -2.31. The number of anilines is 2. The molecule has 1 aliphatic rings. The maximum Gasteiger partial charge on any atom is 0.161 e. The van der Waals surface area contributed by atoms with E-state index in [-0.39, 0.29) is 0 Å². The largest absolute Gasteiger partial charge is 0.338 e. The Morgan fingerprint density at radius 1 is 1.00 bits per heavy atom. The number of benzene rings is 1. The highest BCUT2D eigenvalue weighted by molar-refractivity contribution is 5.80. The van der Waals surface area contributed by atoms with Crippen molar-refractivity contribution < 1.29 is 0 Å². The van der Waals surface area contributed by atoms with Gasteiger partial charge in [0.1, 0.15) is 0 Å². The quantitative estimate of drug-likeness (QED) is 0.658. The fourth-order valence-electron chi connectivity index (χ4n) is 2.91. The predicted octanol–water partition coefficient (Wildman–Crippen LogP) is 3.42. The molecule has 2 aromatic heterocycles. The van der Waals surface area contributed by atoms with Gasteiger partial charge in [-0.15, -0.1) is 0 Å². The molecule has 0 fully saturated rings. The fourth-order valence-corrected chi connectivity index (χ4v) is 2.91. The zero-order valence-electron chi connectivity index (χ0n) is 10.7. The molecule has 0 amide bonds. The van der Waals surface area contributed by atoms with Crippen molar-refractivity contribution >= 4 is 17.0 Å². The molecule has 3 aromatic rings. The molecular formula is C16H15N3. The lowest BCUT2D eigenvalue weighted by molar-refractivity contribution is 0.765. The molecule has 3 heterocycles. The summed E-state index contributed by atoms with van der Waals surface area (Å²) in [5.41, 5.74) is 4.97. The van der Waals surface area contributed by atoms with Crippen molar-refractivity contribution in [2.75, 3.05) is 11.4 Å². The molecule has 1 aromatic carbocycles. The van der Waals surface area contributed by atoms with Gasteiger partial charge >= 0.3 is 0 Å². The molecule has 0 N–H and O–H groups in total. The fraction of sp³-hybridized carbons (Fsp3) is 0.188. The number of rotatable bonds is 1. The minimum Gasteiger partial charge on any atom is -0.338 e. The Morgan fingerprint density at radius 2 is 1.89 bits per heavy atom. The number of hydrogen-bond donors (Lipinski definition) is 0. The molecule has 0 aliphatic carbocycles. The van der Waals surface area contributed by atoms with Gasteiger partial charge in [0.05, 0.1) is 5.69 Å². The molecule has 4 rings (SSSR count). The monoisotopic (exact) mass is 249 g/mol. The van der Waals surface area contributed by atoms with Crippen molar-refractivity contribution in [2.24, 2.45) is 0 Å². The smallest absolute Gasteiger partial charge is 0.161 e. The van der Waals surface area contributed by atoms with Crippen LogP contribution in [0, 0.1) is 0 Å². The van der Waals surface area contributed by atoms with Gasteiger partial charge in [0.2, 0.25) is 0 Å². The first-order valence-electron chi connectivity index (χ1n) is 6.70. The van der Waals surface area contributed by atoms with E-state index < -0.39 is 0 Å². The molecule has 0 spiro atoms. The zero-order valence-corrected chi connectivity index (χ0v) is 10.7. The molecule has 0 radical (unpaired) electrons. The van der Waals surface area contributed by atoms with E-state index in [0.717, 1.165) is 18.6 Å². The van der Waals surface area contributed by atoms with Gasteiger partial charge in [-0.25, -0.2) is 4.98 Å². The average Bonchev–Trinajstić information content (AvgIpc) is 2.96. The highest BCUT2D eigenvalue weighted by Gasteiger charge is 2.21. The Morgan fingerprint density at radius 3 is 2.79 bits per heavy atom. The molecule has 94 valence electrons. The van der Waals surface area contributed by atoms with Crippen LogP contribution in [0.5, 0.6) is 0 Å². The van der Waals surface area contributed by atoms with Crippen LogP contribution in [-0.2, 0) is 6.42 Å². The number of aryl methyl sites for hydroxylation is 1. The molecule has 3 nitrogen and oxygen atoms in total. The molecule has 0 atom stereocenters. The average molecular weight is 249 g/mol. The van der Waals surface area contributed by atoms with Crippen LogP contribution in [-0.4, -0.2) is 15.9 Å². The van der Waals surface area contributed by atoms with E-state index in [1.807, 2.05) is 12.4 Å². The normalized spacial score (nSPS) is 14.6. The van der Waals surface area contributed by atoms with Crippen molar-refractivity contribution in [1.29, 1.82) is 0 Å². The summed E-state index contributed by atoms with van der Waals surface area (Å²) in [6, 6.07) is 12.8. The first kappa shape index (κ1) is 10.6. The Kier molecular flexibility index (Phi) is 2.30. The summed E-state index contributed by atoms with van der Waals surface area (Å²) in [7, 11) is 0. The van der Waals surface area contributed by atoms with E-state index in [2.05, 4.69) is 56.9 Å². The number of fused-ring (bicyclic) bond motifs is 3. The molecule has 3 heteroatoms. The zero-order chi connectivity index (χ0) is 12.7. The van der Waals surface area contributed by atoms with Gasteiger partial charge in [0.15, 0.2) is 5.65 Å². The second kappa shape index (κ2) is 4.12. The van der Waals surface area contributed by atoms with E-state index in [1.165, 1.54) is 23.4 Å². The summed E-state index contributed by atoms with van der Waals surface area (Å²) in [5, 5.41) is 0. The van der Waals surface area contributed by atoms with Crippen molar-refractivity contribution in [3.05, 3.63) is 60.6 Å². The molecule has 0 saturated carbocycles. The molecule has 1 aliphatic heterocycles. The summed E-state index contributed by atoms with van der Waals surface area (Å²) in [5.74, 6) is 0. The SMILES string of the molecule is c1ccc(N2CCCc3ccn4ccnc4c32)cc1. The van der Waals surface area contributed by atoms with Crippen LogP contribution >= 0.6 is 0 Å². The van der Waals surface area contributed by atoms with Gasteiger partial charge in [0, 0.05) is 30.8 Å². The van der Waals surface area contributed by atoms with Crippen molar-refractivity contribution in [2.45, 2.75) is 12.8 Å². The van der Waals surface area contributed by atoms with Gasteiger partial charge in [-0.3, -0.25) is 0 Å². The van der Waals surface area contributed by atoms with Crippen LogP contribution in [0.1, 0.15) is 12.0 Å². The topological polar surface area (TPSA) is 20.5 Å². The highest BCUT2D eigenvalue weighted by Crippen LogP contribution is 2.35. The van der Waals surface area contributed by atoms with E-state index in [0.29, 0.717) is 0 Å². The number of imidazole rings is 1. The summed E-state index contributed by atoms with van der Waals surface area (Å²) < 4.78 is 2.10. The van der Waals surface area contributed by atoms with Crippen molar-refractivity contribution in [1.82, 2.24) is 9.38 Å². The van der Waals surface area contributed by atoms with Crippen LogP contribution in [0.15, 0.2) is 55.0 Å². The molecular weight excluding hydrogens is 234 g/mol. The van der Waals surface area contributed by atoms with Gasteiger partial charge in [-0.05, 0) is 36.6 Å². The third-order valence-electron chi connectivity index (χ3n) is 3.79. The summed E-state index contributed by atoms with van der Waals surface area (Å²) in [4.78, 5) is 6.92. The third kappa shape index (κ3) is 1.62. The van der Waals surface area contributed by atoms with Crippen LogP contribution in [0.3, 0.4) is 0 Å². The van der Waals surface area contributed by atoms with Crippen molar-refractivity contribution in [3.8, 4) is 0 Å². The summed E-state index contributed by atoms with van der Waals surface area (Å²) in [6.45, 7) is 1.06. The predicted molar refractivity (Wildman–Crippen MR) is 77.0 cm³/mol. The van der Waals surface area contributed by atoms with E-state index >= 15 is 0 Å². The Labute approximate surface area is 112 Å². The standard InChI is InChI=1S/C16H15N3/c1-2-6-14(7-3-1)19-10-4-5-13-8-11-18-12-9-17-16(18)15(13)19/h1-3,6-9,11-12H,4-5,10H2. The van der Waals surface area contributed by atoms with Gasteiger partial charge in [-0.2, -0.15) is 0 Å². The van der Waals surface area contributed by atoms with E-state index in [4.69, 9.17) is 0 Å². The van der Waals surface area contributed by atoms with Crippen LogP contribution in [0.4, 0.5) is 11.4 Å². The lowest BCUT2D eigenvalue weighted by atomic mass is 10.0. The Balaban J connectivity index is 1.96. The number of hydrogen-bond acceptors (Lipinski definition) is 2. The second-order valence-electron chi connectivity index (χ2n) is 4.94. The summed E-state index contributed by atoms with van der Waals surface area (Å²) in [6.07, 6.45) is 8.32. The minimum atomic E-state index is 1.06. The maximum atomic E-state index is 4.53. The van der Waals surface area contributed by atoms with Crippen LogP contribution < -0.4 is 4.90 Å². The van der Waals surface area contributed by atoms with Crippen molar-refractivity contribution in [3.63, 3.8) is 0 Å². The highest BCUT2D eigenvalue weighted by atomic mass is 15.2. The third-order valence-corrected chi connectivity index (χ3v) is 3.79. The number of pyridine rings is 1. The maximum absolute atomic E-state index is 4.53. The first-order chi connectivity index (χ1) is 9.43. The molecule has 0 saturated heterocycles. The van der Waals surface area contributed by atoms with E-state index in [1.54, 1.807) is 0 Å². The number of para-hydroxylation sites is 1. The minimum absolute atomic E-state index is 1.06. The second-order valence-corrected chi connectivity index (χ2v) is 4.94. The van der Waals surface area contributed by atoms with Crippen LogP contribution in [0.2, 0.25) is 0 Å².